The van der Waals surface area contributed by atoms with Gasteiger partial charge in [0.05, 0.1) is 0 Å². The average Bonchev–Trinajstić information content (AvgIpc) is 2.40. The lowest BCUT2D eigenvalue weighted by atomic mass is 9.82. The molecule has 1 aromatic carbocycles. The first-order valence-electron chi connectivity index (χ1n) is 7.56. The van der Waals surface area contributed by atoms with E-state index in [1.165, 1.54) is 32.1 Å². The van der Waals surface area contributed by atoms with Crippen LogP contribution >= 0.6 is 15.9 Å². The summed E-state index contributed by atoms with van der Waals surface area (Å²) < 4.78 is 1.02. The Morgan fingerprint density at radius 3 is 2.70 bits per heavy atom. The molecule has 1 aromatic rings. The van der Waals surface area contributed by atoms with Crippen molar-refractivity contribution in [2.45, 2.75) is 56.8 Å². The summed E-state index contributed by atoms with van der Waals surface area (Å²) in [4.78, 5) is 2.58. The van der Waals surface area contributed by atoms with Gasteiger partial charge in [-0.1, -0.05) is 22.4 Å². The monoisotopic (exact) mass is 338 g/mol. The number of fused-ring (bicyclic) bond motifs is 2. The number of phenolic OH excluding ortho intramolecular Hbond substituents is 1. The number of piperidine rings is 2. The Morgan fingerprint density at radius 2 is 2.00 bits per heavy atom. The average molecular weight is 339 g/mol. The van der Waals surface area contributed by atoms with E-state index >= 15 is 0 Å². The summed E-state index contributed by atoms with van der Waals surface area (Å²) in [6, 6.07) is 7.70. The van der Waals surface area contributed by atoms with E-state index < -0.39 is 0 Å². The van der Waals surface area contributed by atoms with E-state index in [4.69, 9.17) is 0 Å². The molecule has 2 fully saturated rings. The predicted octanol–water partition coefficient (Wildman–Crippen LogP) is 3.26. The molecule has 0 aliphatic carbocycles. The lowest BCUT2D eigenvalue weighted by Crippen LogP contribution is -2.54. The van der Waals surface area contributed by atoms with Gasteiger partial charge in [0.15, 0.2) is 0 Å². The molecular formula is C16H23BrN2O. The van der Waals surface area contributed by atoms with E-state index in [1.807, 2.05) is 12.1 Å². The zero-order chi connectivity index (χ0) is 14.1. The molecule has 20 heavy (non-hydrogen) atoms. The number of hydrogen-bond acceptors (Lipinski definition) is 3. The topological polar surface area (TPSA) is 35.5 Å². The first-order valence-corrected chi connectivity index (χ1v) is 8.35. The standard InChI is InChI=1S/C16H23BrN2O/c1-19-14-3-2-4-15(19)9-13(8-14)18-10-11-7-12(17)5-6-16(11)20/h5-7,13-15,18,20H,2-4,8-10H2,1H3. The molecule has 2 bridgehead atoms. The van der Waals surface area contributed by atoms with Gasteiger partial charge in [-0.2, -0.15) is 0 Å². The third-order valence-electron chi connectivity index (χ3n) is 4.96. The van der Waals surface area contributed by atoms with Gasteiger partial charge in [0.1, 0.15) is 5.75 Å². The Morgan fingerprint density at radius 1 is 1.30 bits per heavy atom. The largest absolute Gasteiger partial charge is 0.508 e. The molecule has 2 unspecified atom stereocenters. The van der Waals surface area contributed by atoms with Crippen LogP contribution in [0.25, 0.3) is 0 Å². The summed E-state index contributed by atoms with van der Waals surface area (Å²) in [6.45, 7) is 0.749. The van der Waals surface area contributed by atoms with Crippen LogP contribution in [0.5, 0.6) is 5.75 Å². The van der Waals surface area contributed by atoms with E-state index in [0.717, 1.165) is 28.7 Å². The van der Waals surface area contributed by atoms with Crippen LogP contribution in [0.2, 0.25) is 0 Å². The van der Waals surface area contributed by atoms with Crippen molar-refractivity contribution in [3.63, 3.8) is 0 Å². The van der Waals surface area contributed by atoms with Crippen LogP contribution < -0.4 is 5.32 Å². The maximum Gasteiger partial charge on any atom is 0.120 e. The minimum Gasteiger partial charge on any atom is -0.508 e. The first kappa shape index (κ1) is 14.4. The van der Waals surface area contributed by atoms with Crippen LogP contribution in [0.3, 0.4) is 0 Å². The predicted molar refractivity (Wildman–Crippen MR) is 84.9 cm³/mol. The molecule has 2 atom stereocenters. The third kappa shape index (κ3) is 3.02. The lowest BCUT2D eigenvalue weighted by molar-refractivity contribution is 0.0482. The highest BCUT2D eigenvalue weighted by Crippen LogP contribution is 2.33. The maximum absolute atomic E-state index is 9.90. The van der Waals surface area contributed by atoms with E-state index in [9.17, 15) is 5.11 Å². The SMILES string of the molecule is CN1C2CCCC1CC(NCc1cc(Br)ccc1O)C2. The van der Waals surface area contributed by atoms with Crippen molar-refractivity contribution in [3.8, 4) is 5.75 Å². The molecule has 0 aromatic heterocycles. The van der Waals surface area contributed by atoms with Gasteiger partial charge in [-0.05, 0) is 50.9 Å². The zero-order valence-electron chi connectivity index (χ0n) is 12.0. The zero-order valence-corrected chi connectivity index (χ0v) is 13.6. The Bertz CT molecular complexity index is 466. The van der Waals surface area contributed by atoms with Crippen LogP contribution in [0.1, 0.15) is 37.7 Å². The highest BCUT2D eigenvalue weighted by Gasteiger charge is 2.35. The van der Waals surface area contributed by atoms with E-state index in [-0.39, 0.29) is 0 Å². The molecule has 3 rings (SSSR count). The smallest absolute Gasteiger partial charge is 0.120 e. The second-order valence-electron chi connectivity index (χ2n) is 6.23. The second kappa shape index (κ2) is 6.04. The molecule has 0 spiro atoms. The Balaban J connectivity index is 1.60. The molecule has 2 saturated heterocycles. The van der Waals surface area contributed by atoms with Gasteiger partial charge in [0.2, 0.25) is 0 Å². The number of benzene rings is 1. The van der Waals surface area contributed by atoms with Gasteiger partial charge in [-0.3, -0.25) is 0 Å². The first-order chi connectivity index (χ1) is 9.63. The van der Waals surface area contributed by atoms with E-state index in [1.54, 1.807) is 6.07 Å². The molecule has 0 radical (unpaired) electrons. The fraction of sp³-hybridized carbons (Fsp3) is 0.625. The van der Waals surface area contributed by atoms with Crippen LogP contribution in [0, 0.1) is 0 Å². The van der Waals surface area contributed by atoms with E-state index in [2.05, 4.69) is 33.2 Å². The minimum absolute atomic E-state index is 0.383. The Hall–Kier alpha value is -0.580. The van der Waals surface area contributed by atoms with Crippen molar-refractivity contribution in [1.82, 2.24) is 10.2 Å². The molecule has 4 heteroatoms. The number of aromatic hydroxyl groups is 1. The maximum atomic E-state index is 9.90. The molecule has 2 aliphatic rings. The second-order valence-corrected chi connectivity index (χ2v) is 7.14. The molecule has 0 amide bonds. The summed E-state index contributed by atoms with van der Waals surface area (Å²) in [6.07, 6.45) is 6.54. The molecule has 2 heterocycles. The van der Waals surface area contributed by atoms with Crippen LogP contribution in [0.15, 0.2) is 22.7 Å². The lowest BCUT2D eigenvalue weighted by Gasteiger charge is -2.47. The number of nitrogens with zero attached hydrogens (tertiary/aromatic N) is 1. The Kier molecular flexibility index (Phi) is 4.34. The van der Waals surface area contributed by atoms with Crippen LogP contribution in [-0.2, 0) is 6.54 Å². The summed E-state index contributed by atoms with van der Waals surface area (Å²) in [5.74, 6) is 0.383. The number of phenols is 1. The summed E-state index contributed by atoms with van der Waals surface area (Å²) in [5, 5.41) is 13.5. The van der Waals surface area contributed by atoms with Crippen LogP contribution in [-0.4, -0.2) is 35.2 Å². The van der Waals surface area contributed by atoms with Crippen molar-refractivity contribution >= 4 is 15.9 Å². The quantitative estimate of drug-likeness (QED) is 0.887. The van der Waals surface area contributed by atoms with Gasteiger partial charge >= 0.3 is 0 Å². The van der Waals surface area contributed by atoms with Gasteiger partial charge in [-0.15, -0.1) is 0 Å². The molecular weight excluding hydrogens is 316 g/mol. The minimum atomic E-state index is 0.383. The van der Waals surface area contributed by atoms with Crippen LogP contribution in [0.4, 0.5) is 0 Å². The van der Waals surface area contributed by atoms with Crippen molar-refractivity contribution < 1.29 is 5.11 Å². The van der Waals surface area contributed by atoms with Gasteiger partial charge < -0.3 is 15.3 Å². The normalized spacial score (nSPS) is 30.4. The van der Waals surface area contributed by atoms with Crippen molar-refractivity contribution in [1.29, 1.82) is 0 Å². The van der Waals surface area contributed by atoms with Crippen molar-refractivity contribution in [3.05, 3.63) is 28.2 Å². The summed E-state index contributed by atoms with van der Waals surface area (Å²) in [5.41, 5.74) is 0.975. The fourth-order valence-corrected chi connectivity index (χ4v) is 4.14. The summed E-state index contributed by atoms with van der Waals surface area (Å²) >= 11 is 3.46. The molecule has 3 nitrogen and oxygen atoms in total. The molecule has 110 valence electrons. The molecule has 2 aliphatic heterocycles. The van der Waals surface area contributed by atoms with Gasteiger partial charge in [0.25, 0.3) is 0 Å². The molecule has 0 saturated carbocycles. The van der Waals surface area contributed by atoms with Gasteiger partial charge in [-0.25, -0.2) is 0 Å². The number of hydrogen-bond donors (Lipinski definition) is 2. The highest BCUT2D eigenvalue weighted by molar-refractivity contribution is 9.10. The number of nitrogens with one attached hydrogen (secondary N) is 1. The highest BCUT2D eigenvalue weighted by atomic mass is 79.9. The summed E-state index contributed by atoms with van der Waals surface area (Å²) in [7, 11) is 2.28. The van der Waals surface area contributed by atoms with Crippen molar-refractivity contribution in [2.75, 3.05) is 7.05 Å². The van der Waals surface area contributed by atoms with E-state index in [0.29, 0.717) is 11.8 Å². The van der Waals surface area contributed by atoms with Crippen molar-refractivity contribution in [2.24, 2.45) is 0 Å². The Labute approximate surface area is 129 Å². The number of halogens is 1. The fourth-order valence-electron chi connectivity index (χ4n) is 3.73. The third-order valence-corrected chi connectivity index (χ3v) is 5.46. The van der Waals surface area contributed by atoms with Gasteiger partial charge in [0, 0.05) is 34.7 Å². The molecule has 2 N–H and O–H groups in total. The number of rotatable bonds is 3.